The number of carbonyl (C=O) groups is 1. The van der Waals surface area contributed by atoms with Gasteiger partial charge < -0.3 is 4.90 Å². The van der Waals surface area contributed by atoms with Crippen molar-refractivity contribution in [2.45, 2.75) is 19.4 Å². The van der Waals surface area contributed by atoms with E-state index < -0.39 is 0 Å². The lowest BCUT2D eigenvalue weighted by atomic mass is 10.2. The van der Waals surface area contributed by atoms with Crippen LogP contribution in [0.4, 0.5) is 0 Å². The number of hydrogen-bond acceptors (Lipinski definition) is 4. The normalized spacial score (nSPS) is 11.8. The number of halogens is 2. The van der Waals surface area contributed by atoms with Crippen LogP contribution in [0.2, 0.25) is 10.0 Å². The molecule has 0 radical (unpaired) electrons. The minimum atomic E-state index is -0.203. The second-order valence-corrected chi connectivity index (χ2v) is 6.47. The Labute approximate surface area is 142 Å². The Morgan fingerprint density at radius 3 is 2.82 bits per heavy atom. The maximum absolute atomic E-state index is 12.3. The summed E-state index contributed by atoms with van der Waals surface area (Å²) in [5.41, 5.74) is 1.17. The molecule has 1 amide bonds. The summed E-state index contributed by atoms with van der Waals surface area (Å²) in [5.74, 6) is -0.203. The van der Waals surface area contributed by atoms with Gasteiger partial charge in [0.15, 0.2) is 0 Å². The Hall–Kier alpha value is -1.61. The maximum Gasteiger partial charge on any atom is 0.273 e. The first-order valence-corrected chi connectivity index (χ1v) is 8.12. The Bertz CT molecular complexity index is 739. The molecule has 1 heterocycles. The molecule has 0 fully saturated rings. The van der Waals surface area contributed by atoms with Gasteiger partial charge in [0.05, 0.1) is 22.5 Å². The molecule has 0 bridgehead atoms. The van der Waals surface area contributed by atoms with Crippen LogP contribution < -0.4 is 0 Å². The summed E-state index contributed by atoms with van der Waals surface area (Å²) in [6, 6.07) is 7.13. The number of rotatable bonds is 4. The number of carbonyl (C=O) groups excluding carboxylic acids is 1. The zero-order valence-corrected chi connectivity index (χ0v) is 14.3. The lowest BCUT2D eigenvalue weighted by molar-refractivity contribution is 0.0741. The van der Waals surface area contributed by atoms with Gasteiger partial charge in [0.25, 0.3) is 5.91 Å². The number of aromatic nitrogens is 1. The summed E-state index contributed by atoms with van der Waals surface area (Å²) in [6.45, 7) is 1.83. The Morgan fingerprint density at radius 2 is 2.18 bits per heavy atom. The van der Waals surface area contributed by atoms with E-state index in [0.717, 1.165) is 5.56 Å². The van der Waals surface area contributed by atoms with Crippen LogP contribution in [0, 0.1) is 11.3 Å². The molecule has 0 aliphatic rings. The average Bonchev–Trinajstić information content (AvgIpc) is 2.98. The molecular formula is C15H13Cl2N3OS. The predicted molar refractivity (Wildman–Crippen MR) is 89.4 cm³/mol. The lowest BCUT2D eigenvalue weighted by Gasteiger charge is -2.21. The standard InChI is InChI=1S/C15H13Cl2N3OS/c1-9(5-6-18)20(2)15(21)13-8-22-14(19-13)10-3-4-11(16)12(17)7-10/h3-4,7-9H,5H2,1-2H3. The highest BCUT2D eigenvalue weighted by Gasteiger charge is 2.20. The summed E-state index contributed by atoms with van der Waals surface area (Å²) in [6.07, 6.45) is 0.284. The van der Waals surface area contributed by atoms with Gasteiger partial charge >= 0.3 is 0 Å². The second-order valence-electron chi connectivity index (χ2n) is 4.79. The second kappa shape index (κ2) is 7.10. The SMILES string of the molecule is CC(CC#N)N(C)C(=O)c1csc(-c2ccc(Cl)c(Cl)c2)n1. The zero-order valence-electron chi connectivity index (χ0n) is 12.0. The summed E-state index contributed by atoms with van der Waals surface area (Å²) in [4.78, 5) is 18.2. The maximum atomic E-state index is 12.3. The van der Waals surface area contributed by atoms with Crippen molar-refractivity contribution >= 4 is 40.4 Å². The van der Waals surface area contributed by atoms with Crippen molar-refractivity contribution in [2.24, 2.45) is 0 Å². The van der Waals surface area contributed by atoms with Crippen molar-refractivity contribution in [2.75, 3.05) is 7.05 Å². The minimum absolute atomic E-state index is 0.160. The Kier molecular flexibility index (Phi) is 5.41. The van der Waals surface area contributed by atoms with Crippen molar-refractivity contribution in [3.63, 3.8) is 0 Å². The molecule has 2 aromatic rings. The molecule has 1 aromatic carbocycles. The molecule has 2 rings (SSSR count). The molecule has 0 spiro atoms. The van der Waals surface area contributed by atoms with E-state index in [4.69, 9.17) is 28.5 Å². The molecule has 0 aliphatic carbocycles. The number of nitriles is 1. The van der Waals surface area contributed by atoms with E-state index in [1.807, 2.05) is 13.0 Å². The van der Waals surface area contributed by atoms with Crippen molar-refractivity contribution in [1.82, 2.24) is 9.88 Å². The molecule has 1 unspecified atom stereocenters. The van der Waals surface area contributed by atoms with Crippen LogP contribution in [-0.4, -0.2) is 28.9 Å². The fourth-order valence-electron chi connectivity index (χ4n) is 1.78. The predicted octanol–water partition coefficient (Wildman–Crippen LogP) is 4.49. The smallest absolute Gasteiger partial charge is 0.273 e. The van der Waals surface area contributed by atoms with Crippen LogP contribution in [-0.2, 0) is 0 Å². The average molecular weight is 354 g/mol. The highest BCUT2D eigenvalue weighted by Crippen LogP contribution is 2.30. The van der Waals surface area contributed by atoms with Gasteiger partial charge in [-0.15, -0.1) is 11.3 Å². The Morgan fingerprint density at radius 1 is 1.45 bits per heavy atom. The van der Waals surface area contributed by atoms with Crippen molar-refractivity contribution in [1.29, 1.82) is 5.26 Å². The topological polar surface area (TPSA) is 57.0 Å². The van der Waals surface area contributed by atoms with Crippen LogP contribution in [0.3, 0.4) is 0 Å². The summed E-state index contributed by atoms with van der Waals surface area (Å²) >= 11 is 13.3. The number of thiazole rings is 1. The van der Waals surface area contributed by atoms with E-state index in [2.05, 4.69) is 11.1 Å². The summed E-state index contributed by atoms with van der Waals surface area (Å²) in [5, 5.41) is 12.0. The van der Waals surface area contributed by atoms with E-state index in [1.165, 1.54) is 16.2 Å². The van der Waals surface area contributed by atoms with E-state index in [0.29, 0.717) is 20.7 Å². The van der Waals surface area contributed by atoms with Gasteiger partial charge in [-0.25, -0.2) is 4.98 Å². The first-order chi connectivity index (χ1) is 10.4. The molecule has 1 aromatic heterocycles. The molecule has 114 valence electrons. The van der Waals surface area contributed by atoms with Gasteiger partial charge in [-0.2, -0.15) is 5.26 Å². The van der Waals surface area contributed by atoms with Crippen LogP contribution in [0.5, 0.6) is 0 Å². The number of hydrogen-bond donors (Lipinski definition) is 0. The molecule has 1 atom stereocenters. The molecule has 22 heavy (non-hydrogen) atoms. The first-order valence-electron chi connectivity index (χ1n) is 6.49. The van der Waals surface area contributed by atoms with Gasteiger partial charge in [-0.3, -0.25) is 4.79 Å². The number of amides is 1. The highest BCUT2D eigenvalue weighted by atomic mass is 35.5. The van der Waals surface area contributed by atoms with Crippen molar-refractivity contribution in [3.05, 3.63) is 39.3 Å². The van der Waals surface area contributed by atoms with Gasteiger partial charge in [0.1, 0.15) is 10.7 Å². The van der Waals surface area contributed by atoms with Crippen LogP contribution in [0.1, 0.15) is 23.8 Å². The molecule has 0 N–H and O–H groups in total. The molecule has 4 nitrogen and oxygen atoms in total. The molecule has 0 saturated heterocycles. The molecule has 0 aliphatic heterocycles. The zero-order chi connectivity index (χ0) is 16.3. The van der Waals surface area contributed by atoms with Crippen LogP contribution >= 0.6 is 34.5 Å². The fraction of sp³-hybridized carbons (Fsp3) is 0.267. The molecular weight excluding hydrogens is 341 g/mol. The van der Waals surface area contributed by atoms with Gasteiger partial charge in [-0.1, -0.05) is 29.3 Å². The monoisotopic (exact) mass is 353 g/mol. The summed E-state index contributed by atoms with van der Waals surface area (Å²) in [7, 11) is 1.67. The quantitative estimate of drug-likeness (QED) is 0.813. The van der Waals surface area contributed by atoms with E-state index >= 15 is 0 Å². The number of benzene rings is 1. The van der Waals surface area contributed by atoms with Gasteiger partial charge in [-0.05, 0) is 19.1 Å². The largest absolute Gasteiger partial charge is 0.337 e. The minimum Gasteiger partial charge on any atom is -0.337 e. The molecule has 0 saturated carbocycles. The third kappa shape index (κ3) is 3.58. The highest BCUT2D eigenvalue weighted by molar-refractivity contribution is 7.13. The van der Waals surface area contributed by atoms with E-state index in [9.17, 15) is 4.79 Å². The van der Waals surface area contributed by atoms with Gasteiger partial charge in [0.2, 0.25) is 0 Å². The number of nitrogens with zero attached hydrogens (tertiary/aromatic N) is 3. The van der Waals surface area contributed by atoms with Crippen molar-refractivity contribution < 1.29 is 4.79 Å². The van der Waals surface area contributed by atoms with Crippen LogP contribution in [0.25, 0.3) is 10.6 Å². The van der Waals surface area contributed by atoms with E-state index in [1.54, 1.807) is 24.6 Å². The van der Waals surface area contributed by atoms with Gasteiger partial charge in [0, 0.05) is 24.0 Å². The third-order valence-corrected chi connectivity index (χ3v) is 4.89. The van der Waals surface area contributed by atoms with Crippen LogP contribution in [0.15, 0.2) is 23.6 Å². The lowest BCUT2D eigenvalue weighted by Crippen LogP contribution is -2.35. The fourth-order valence-corrected chi connectivity index (χ4v) is 2.87. The summed E-state index contributed by atoms with van der Waals surface area (Å²) < 4.78 is 0. The molecule has 7 heteroatoms. The Balaban J connectivity index is 2.22. The third-order valence-electron chi connectivity index (χ3n) is 3.26. The van der Waals surface area contributed by atoms with E-state index in [-0.39, 0.29) is 18.4 Å². The first kappa shape index (κ1) is 16.8. The van der Waals surface area contributed by atoms with Crippen molar-refractivity contribution in [3.8, 4) is 16.6 Å².